The van der Waals surface area contributed by atoms with E-state index in [1.165, 1.54) is 0 Å². The summed E-state index contributed by atoms with van der Waals surface area (Å²) >= 11 is 0. The molecule has 2 unspecified atom stereocenters. The molecule has 1 amide bonds. The van der Waals surface area contributed by atoms with Gasteiger partial charge in [-0.25, -0.2) is 4.39 Å². The number of ether oxygens (including phenoxy) is 1. The molecule has 116 valence electrons. The summed E-state index contributed by atoms with van der Waals surface area (Å²) in [6.45, 7) is -0.337. The van der Waals surface area contributed by atoms with Crippen molar-refractivity contribution in [1.29, 1.82) is 0 Å². The molecule has 21 heavy (non-hydrogen) atoms. The van der Waals surface area contributed by atoms with Crippen molar-refractivity contribution in [2.24, 2.45) is 11.7 Å². The number of carbonyl (C=O) groups excluding carboxylic acids is 1. The van der Waals surface area contributed by atoms with Gasteiger partial charge in [0.25, 0.3) is 5.91 Å². The average molecular weight is 302 g/mol. The molecule has 0 aromatic heterocycles. The SMILES string of the molecule is CC1CC(CN)CN1C(=O)c1ccc(F)cc1OC(F)F. The van der Waals surface area contributed by atoms with E-state index in [0.29, 0.717) is 13.1 Å². The molecule has 2 atom stereocenters. The number of halogens is 3. The summed E-state index contributed by atoms with van der Waals surface area (Å²) in [5.41, 5.74) is 5.53. The first-order chi connectivity index (χ1) is 9.92. The van der Waals surface area contributed by atoms with Gasteiger partial charge in [0.15, 0.2) is 0 Å². The smallest absolute Gasteiger partial charge is 0.387 e. The van der Waals surface area contributed by atoms with Gasteiger partial charge < -0.3 is 15.4 Å². The van der Waals surface area contributed by atoms with Gasteiger partial charge >= 0.3 is 6.61 Å². The molecule has 1 aromatic carbocycles. The maximum atomic E-state index is 13.2. The third kappa shape index (κ3) is 3.47. The largest absolute Gasteiger partial charge is 0.434 e. The second-order valence-corrected chi connectivity index (χ2v) is 5.16. The highest BCUT2D eigenvalue weighted by Gasteiger charge is 2.33. The lowest BCUT2D eigenvalue weighted by Gasteiger charge is -2.22. The van der Waals surface area contributed by atoms with Crippen LogP contribution in [0, 0.1) is 11.7 Å². The Balaban J connectivity index is 2.26. The fraction of sp³-hybridized carbons (Fsp3) is 0.500. The topological polar surface area (TPSA) is 55.6 Å². The zero-order chi connectivity index (χ0) is 15.6. The molecule has 1 aliphatic rings. The molecular formula is C14H17F3N2O2. The van der Waals surface area contributed by atoms with E-state index in [0.717, 1.165) is 24.6 Å². The van der Waals surface area contributed by atoms with E-state index in [1.807, 2.05) is 6.92 Å². The minimum absolute atomic E-state index is 0.0458. The number of benzene rings is 1. The zero-order valence-corrected chi connectivity index (χ0v) is 11.6. The minimum Gasteiger partial charge on any atom is -0.434 e. The van der Waals surface area contributed by atoms with Crippen LogP contribution in [0.3, 0.4) is 0 Å². The number of alkyl halides is 2. The lowest BCUT2D eigenvalue weighted by atomic mass is 10.1. The van der Waals surface area contributed by atoms with Gasteiger partial charge in [0, 0.05) is 18.7 Å². The van der Waals surface area contributed by atoms with Crippen LogP contribution in [0.15, 0.2) is 18.2 Å². The fourth-order valence-corrected chi connectivity index (χ4v) is 2.62. The Bertz CT molecular complexity index is 525. The number of likely N-dealkylation sites (tertiary alicyclic amines) is 1. The fourth-order valence-electron chi connectivity index (χ4n) is 2.62. The number of carbonyl (C=O) groups is 1. The van der Waals surface area contributed by atoms with E-state index >= 15 is 0 Å². The summed E-state index contributed by atoms with van der Waals surface area (Å²) in [5.74, 6) is -1.45. The van der Waals surface area contributed by atoms with Crippen molar-refractivity contribution < 1.29 is 22.7 Å². The molecule has 1 fully saturated rings. The molecule has 4 nitrogen and oxygen atoms in total. The molecule has 1 saturated heterocycles. The van der Waals surface area contributed by atoms with Crippen molar-refractivity contribution in [3.63, 3.8) is 0 Å². The Morgan fingerprint density at radius 3 is 2.81 bits per heavy atom. The highest BCUT2D eigenvalue weighted by Crippen LogP contribution is 2.28. The molecule has 1 aliphatic heterocycles. The zero-order valence-electron chi connectivity index (χ0n) is 11.6. The molecule has 0 bridgehead atoms. The highest BCUT2D eigenvalue weighted by atomic mass is 19.3. The maximum absolute atomic E-state index is 13.2. The summed E-state index contributed by atoms with van der Waals surface area (Å²) in [6.07, 6.45) is 0.758. The summed E-state index contributed by atoms with van der Waals surface area (Å²) in [5, 5.41) is 0. The van der Waals surface area contributed by atoms with Gasteiger partial charge in [-0.05, 0) is 37.9 Å². The van der Waals surface area contributed by atoms with Gasteiger partial charge in [0.2, 0.25) is 0 Å². The van der Waals surface area contributed by atoms with Crippen LogP contribution in [0.2, 0.25) is 0 Å². The first kappa shape index (κ1) is 15.6. The molecule has 0 spiro atoms. The Labute approximate surface area is 120 Å². The van der Waals surface area contributed by atoms with Crippen LogP contribution in [0.1, 0.15) is 23.7 Å². The van der Waals surface area contributed by atoms with Crippen molar-refractivity contribution in [3.8, 4) is 5.75 Å². The first-order valence-corrected chi connectivity index (χ1v) is 6.67. The van der Waals surface area contributed by atoms with Gasteiger partial charge in [-0.1, -0.05) is 0 Å². The lowest BCUT2D eigenvalue weighted by Crippen LogP contribution is -2.34. The number of rotatable bonds is 4. The van der Waals surface area contributed by atoms with Crippen molar-refractivity contribution in [2.75, 3.05) is 13.1 Å². The van der Waals surface area contributed by atoms with Crippen molar-refractivity contribution in [1.82, 2.24) is 4.90 Å². The molecule has 1 heterocycles. The van der Waals surface area contributed by atoms with Crippen molar-refractivity contribution >= 4 is 5.91 Å². The van der Waals surface area contributed by atoms with Gasteiger partial charge in [0.1, 0.15) is 11.6 Å². The summed E-state index contributed by atoms with van der Waals surface area (Å²) < 4.78 is 42.2. The quantitative estimate of drug-likeness (QED) is 0.928. The van der Waals surface area contributed by atoms with Crippen LogP contribution >= 0.6 is 0 Å². The molecule has 0 aliphatic carbocycles. The number of nitrogens with zero attached hydrogens (tertiary/aromatic N) is 1. The van der Waals surface area contributed by atoms with Crippen LogP contribution in [-0.4, -0.2) is 36.5 Å². The molecule has 0 radical (unpaired) electrons. The molecule has 0 saturated carbocycles. The monoisotopic (exact) mass is 302 g/mol. The molecule has 7 heteroatoms. The van der Waals surface area contributed by atoms with Gasteiger partial charge in [-0.15, -0.1) is 0 Å². The number of amides is 1. The second-order valence-electron chi connectivity index (χ2n) is 5.16. The van der Waals surface area contributed by atoms with E-state index < -0.39 is 24.1 Å². The van der Waals surface area contributed by atoms with Crippen LogP contribution in [0.25, 0.3) is 0 Å². The van der Waals surface area contributed by atoms with E-state index in [1.54, 1.807) is 4.90 Å². The average Bonchev–Trinajstić information content (AvgIpc) is 2.79. The molecular weight excluding hydrogens is 285 g/mol. The van der Waals surface area contributed by atoms with E-state index in [2.05, 4.69) is 4.74 Å². The first-order valence-electron chi connectivity index (χ1n) is 6.67. The van der Waals surface area contributed by atoms with Crippen LogP contribution in [0.4, 0.5) is 13.2 Å². The number of hydrogen-bond acceptors (Lipinski definition) is 3. The van der Waals surface area contributed by atoms with Crippen LogP contribution in [0.5, 0.6) is 5.75 Å². The third-order valence-electron chi connectivity index (χ3n) is 3.65. The van der Waals surface area contributed by atoms with E-state index in [-0.39, 0.29) is 17.5 Å². The molecule has 2 N–H and O–H groups in total. The minimum atomic E-state index is -3.12. The predicted octanol–water partition coefficient (Wildman–Crippen LogP) is 2.24. The standard InChI is InChI=1S/C14H17F3N2O2/c1-8-4-9(6-18)7-19(8)13(20)11-3-2-10(15)5-12(11)21-14(16)17/h2-3,5,8-9,14H,4,6-7,18H2,1H3. The molecule has 1 aromatic rings. The van der Waals surface area contributed by atoms with E-state index in [4.69, 9.17) is 5.73 Å². The molecule has 2 rings (SSSR count). The summed E-state index contributed by atoms with van der Waals surface area (Å²) in [6, 6.07) is 2.96. The van der Waals surface area contributed by atoms with Gasteiger partial charge in [0.05, 0.1) is 5.56 Å². The number of hydrogen-bond donors (Lipinski definition) is 1. The maximum Gasteiger partial charge on any atom is 0.387 e. The Kier molecular flexibility index (Phi) is 4.72. The van der Waals surface area contributed by atoms with Crippen molar-refractivity contribution in [3.05, 3.63) is 29.6 Å². The van der Waals surface area contributed by atoms with E-state index in [9.17, 15) is 18.0 Å². The normalized spacial score (nSPS) is 21.9. The Morgan fingerprint density at radius 2 is 2.24 bits per heavy atom. The third-order valence-corrected chi connectivity index (χ3v) is 3.65. The summed E-state index contributed by atoms with van der Waals surface area (Å²) in [7, 11) is 0. The van der Waals surface area contributed by atoms with Crippen molar-refractivity contribution in [2.45, 2.75) is 26.0 Å². The predicted molar refractivity (Wildman–Crippen MR) is 70.7 cm³/mol. The number of nitrogens with two attached hydrogens (primary N) is 1. The Morgan fingerprint density at radius 1 is 1.52 bits per heavy atom. The Hall–Kier alpha value is -1.76. The van der Waals surface area contributed by atoms with Gasteiger partial charge in [-0.3, -0.25) is 4.79 Å². The van der Waals surface area contributed by atoms with Gasteiger partial charge in [-0.2, -0.15) is 8.78 Å². The highest BCUT2D eigenvalue weighted by molar-refractivity contribution is 5.97. The summed E-state index contributed by atoms with van der Waals surface area (Å²) in [4.78, 5) is 14.0. The lowest BCUT2D eigenvalue weighted by molar-refractivity contribution is -0.0504. The van der Waals surface area contributed by atoms with Crippen LogP contribution in [-0.2, 0) is 0 Å². The van der Waals surface area contributed by atoms with Crippen LogP contribution < -0.4 is 10.5 Å². The second kappa shape index (κ2) is 6.34.